The number of rotatable bonds is 2. The van der Waals surface area contributed by atoms with E-state index < -0.39 is 0 Å². The van der Waals surface area contributed by atoms with Crippen LogP contribution in [0.25, 0.3) is 0 Å². The number of nitrogens with one attached hydrogen (secondary N) is 1. The molecule has 1 aromatic rings. The summed E-state index contributed by atoms with van der Waals surface area (Å²) in [6.45, 7) is 6.13. The third-order valence-corrected chi connectivity index (χ3v) is 3.46. The average Bonchev–Trinajstić information content (AvgIpc) is 2.29. The van der Waals surface area contributed by atoms with Gasteiger partial charge in [-0.1, -0.05) is 30.3 Å². The molecule has 3 rings (SSSR count). The van der Waals surface area contributed by atoms with Crippen molar-refractivity contribution < 1.29 is 4.74 Å². The van der Waals surface area contributed by atoms with Crippen LogP contribution in [0.4, 0.5) is 0 Å². The fourth-order valence-electron chi connectivity index (χ4n) is 2.56. The molecule has 1 spiro atoms. The highest BCUT2D eigenvalue weighted by atomic mass is 16.5. The molecular weight excluding hydrogens is 200 g/mol. The first-order chi connectivity index (χ1) is 7.86. The average molecular weight is 218 g/mol. The number of piperazine rings is 1. The highest BCUT2D eigenvalue weighted by Gasteiger charge is 2.41. The molecule has 1 N–H and O–H groups in total. The van der Waals surface area contributed by atoms with E-state index in [2.05, 4.69) is 40.5 Å². The minimum atomic E-state index is 0.257. The maximum absolute atomic E-state index is 5.32. The lowest BCUT2D eigenvalue weighted by molar-refractivity contribution is -0.101. The van der Waals surface area contributed by atoms with E-state index in [4.69, 9.17) is 4.74 Å². The van der Waals surface area contributed by atoms with E-state index in [0.29, 0.717) is 0 Å². The summed E-state index contributed by atoms with van der Waals surface area (Å²) in [4.78, 5) is 2.52. The SMILES string of the molecule is c1ccc(CN2CCNC3(COC3)C2)cc1. The molecule has 3 nitrogen and oxygen atoms in total. The van der Waals surface area contributed by atoms with Crippen LogP contribution in [-0.2, 0) is 11.3 Å². The lowest BCUT2D eigenvalue weighted by Crippen LogP contribution is -2.69. The Morgan fingerprint density at radius 3 is 2.75 bits per heavy atom. The van der Waals surface area contributed by atoms with E-state index in [1.165, 1.54) is 5.56 Å². The molecule has 2 aliphatic rings. The van der Waals surface area contributed by atoms with Gasteiger partial charge in [0.15, 0.2) is 0 Å². The van der Waals surface area contributed by atoms with Crippen molar-refractivity contribution in [3.63, 3.8) is 0 Å². The van der Waals surface area contributed by atoms with Crippen LogP contribution in [0.3, 0.4) is 0 Å². The van der Waals surface area contributed by atoms with Gasteiger partial charge in [-0.3, -0.25) is 4.90 Å². The van der Waals surface area contributed by atoms with Gasteiger partial charge in [0, 0.05) is 26.2 Å². The molecule has 0 radical (unpaired) electrons. The quantitative estimate of drug-likeness (QED) is 0.797. The Morgan fingerprint density at radius 2 is 2.06 bits per heavy atom. The maximum Gasteiger partial charge on any atom is 0.0782 e. The first-order valence-corrected chi connectivity index (χ1v) is 5.95. The molecule has 0 bridgehead atoms. The summed E-state index contributed by atoms with van der Waals surface area (Å²) in [5.41, 5.74) is 1.66. The van der Waals surface area contributed by atoms with Gasteiger partial charge >= 0.3 is 0 Å². The second kappa shape index (κ2) is 4.17. The summed E-state index contributed by atoms with van der Waals surface area (Å²) in [7, 11) is 0. The fourth-order valence-corrected chi connectivity index (χ4v) is 2.56. The molecule has 0 aliphatic carbocycles. The van der Waals surface area contributed by atoms with Crippen LogP contribution < -0.4 is 5.32 Å². The molecule has 3 heteroatoms. The number of ether oxygens (including phenoxy) is 1. The van der Waals surface area contributed by atoms with Crippen molar-refractivity contribution in [1.29, 1.82) is 0 Å². The van der Waals surface area contributed by atoms with Crippen LogP contribution >= 0.6 is 0 Å². The van der Waals surface area contributed by atoms with Crippen molar-refractivity contribution in [3.8, 4) is 0 Å². The summed E-state index contributed by atoms with van der Waals surface area (Å²) in [6, 6.07) is 10.7. The molecule has 86 valence electrons. The van der Waals surface area contributed by atoms with E-state index in [1.807, 2.05) is 0 Å². The van der Waals surface area contributed by atoms with Crippen molar-refractivity contribution in [3.05, 3.63) is 35.9 Å². The molecule has 0 amide bonds. The first kappa shape index (κ1) is 10.3. The van der Waals surface area contributed by atoms with Crippen molar-refractivity contribution in [2.24, 2.45) is 0 Å². The standard InChI is InChI=1S/C13H18N2O/c1-2-4-12(5-3-1)8-15-7-6-14-13(9-15)10-16-11-13/h1-5,14H,6-11H2. The maximum atomic E-state index is 5.32. The van der Waals surface area contributed by atoms with Crippen molar-refractivity contribution in [2.45, 2.75) is 12.1 Å². The Bertz CT molecular complexity index is 348. The van der Waals surface area contributed by atoms with Crippen LogP contribution in [0.15, 0.2) is 30.3 Å². The zero-order valence-corrected chi connectivity index (χ0v) is 9.48. The molecule has 2 fully saturated rings. The van der Waals surface area contributed by atoms with Gasteiger partial charge in [-0.15, -0.1) is 0 Å². The monoisotopic (exact) mass is 218 g/mol. The third kappa shape index (κ3) is 1.98. The Balaban J connectivity index is 1.63. The van der Waals surface area contributed by atoms with Gasteiger partial charge in [0.2, 0.25) is 0 Å². The van der Waals surface area contributed by atoms with E-state index in [0.717, 1.165) is 39.4 Å². The van der Waals surface area contributed by atoms with Crippen LogP contribution in [-0.4, -0.2) is 43.3 Å². The Kier molecular flexibility index (Phi) is 2.67. The van der Waals surface area contributed by atoms with Gasteiger partial charge < -0.3 is 10.1 Å². The van der Waals surface area contributed by atoms with Crippen molar-refractivity contribution in [1.82, 2.24) is 10.2 Å². The number of benzene rings is 1. The zero-order chi connectivity index (χ0) is 10.8. The molecule has 1 aromatic carbocycles. The molecular formula is C13H18N2O. The summed E-state index contributed by atoms with van der Waals surface area (Å²) in [5.74, 6) is 0. The zero-order valence-electron chi connectivity index (χ0n) is 9.48. The predicted molar refractivity (Wildman–Crippen MR) is 63.3 cm³/mol. The summed E-state index contributed by atoms with van der Waals surface area (Å²) in [5, 5.41) is 3.58. The second-order valence-corrected chi connectivity index (χ2v) is 4.90. The van der Waals surface area contributed by atoms with E-state index in [-0.39, 0.29) is 5.54 Å². The lowest BCUT2D eigenvalue weighted by atomic mass is 9.94. The predicted octanol–water partition coefficient (Wildman–Crippen LogP) is 0.861. The van der Waals surface area contributed by atoms with E-state index >= 15 is 0 Å². The first-order valence-electron chi connectivity index (χ1n) is 5.95. The molecule has 0 aromatic heterocycles. The highest BCUT2D eigenvalue weighted by molar-refractivity contribution is 5.15. The van der Waals surface area contributed by atoms with E-state index in [1.54, 1.807) is 0 Å². The third-order valence-electron chi connectivity index (χ3n) is 3.46. The Labute approximate surface area is 96.4 Å². The molecule has 2 aliphatic heterocycles. The number of hydrogen-bond acceptors (Lipinski definition) is 3. The normalized spacial score (nSPS) is 24.2. The van der Waals surface area contributed by atoms with Gasteiger partial charge in [0.05, 0.1) is 18.8 Å². The van der Waals surface area contributed by atoms with Crippen LogP contribution in [0, 0.1) is 0 Å². The molecule has 16 heavy (non-hydrogen) atoms. The van der Waals surface area contributed by atoms with Gasteiger partial charge in [0.1, 0.15) is 0 Å². The molecule has 0 atom stereocenters. The number of hydrogen-bond donors (Lipinski definition) is 1. The smallest absolute Gasteiger partial charge is 0.0782 e. The highest BCUT2D eigenvalue weighted by Crippen LogP contribution is 2.22. The van der Waals surface area contributed by atoms with Gasteiger partial charge in [-0.25, -0.2) is 0 Å². The molecule has 2 saturated heterocycles. The minimum absolute atomic E-state index is 0.257. The molecule has 0 unspecified atom stereocenters. The Hall–Kier alpha value is -0.900. The van der Waals surface area contributed by atoms with Crippen molar-refractivity contribution in [2.75, 3.05) is 32.8 Å². The van der Waals surface area contributed by atoms with Gasteiger partial charge in [-0.05, 0) is 5.56 Å². The summed E-state index contributed by atoms with van der Waals surface area (Å²) >= 11 is 0. The van der Waals surface area contributed by atoms with Crippen LogP contribution in [0.1, 0.15) is 5.56 Å². The van der Waals surface area contributed by atoms with Gasteiger partial charge in [-0.2, -0.15) is 0 Å². The van der Waals surface area contributed by atoms with Gasteiger partial charge in [0.25, 0.3) is 0 Å². The fraction of sp³-hybridized carbons (Fsp3) is 0.538. The summed E-state index contributed by atoms with van der Waals surface area (Å²) in [6.07, 6.45) is 0. The topological polar surface area (TPSA) is 24.5 Å². The minimum Gasteiger partial charge on any atom is -0.377 e. The Morgan fingerprint density at radius 1 is 1.25 bits per heavy atom. The molecule has 2 heterocycles. The number of nitrogens with zero attached hydrogens (tertiary/aromatic N) is 1. The largest absolute Gasteiger partial charge is 0.377 e. The van der Waals surface area contributed by atoms with E-state index in [9.17, 15) is 0 Å². The lowest BCUT2D eigenvalue weighted by Gasteiger charge is -2.48. The van der Waals surface area contributed by atoms with Crippen LogP contribution in [0.5, 0.6) is 0 Å². The second-order valence-electron chi connectivity index (χ2n) is 4.90. The van der Waals surface area contributed by atoms with Crippen LogP contribution in [0.2, 0.25) is 0 Å². The van der Waals surface area contributed by atoms with Crippen molar-refractivity contribution >= 4 is 0 Å². The summed E-state index contributed by atoms with van der Waals surface area (Å²) < 4.78 is 5.32. The molecule has 0 saturated carbocycles.